The number of benzene rings is 2. The van der Waals surface area contributed by atoms with E-state index in [1.807, 2.05) is 67.6 Å². The second-order valence-electron chi connectivity index (χ2n) is 6.76. The van der Waals surface area contributed by atoms with E-state index in [2.05, 4.69) is 20.6 Å². The van der Waals surface area contributed by atoms with Crippen molar-refractivity contribution in [1.82, 2.24) is 9.97 Å². The van der Waals surface area contributed by atoms with Crippen molar-refractivity contribution in [3.8, 4) is 0 Å². The van der Waals surface area contributed by atoms with Crippen LogP contribution >= 0.6 is 23.4 Å². The Kier molecular flexibility index (Phi) is 5.88. The number of rotatable bonds is 5. The van der Waals surface area contributed by atoms with E-state index in [1.165, 1.54) is 6.92 Å². The summed E-state index contributed by atoms with van der Waals surface area (Å²) in [5, 5.41) is 7.86. The second kappa shape index (κ2) is 8.73. The number of aromatic nitrogens is 2. The number of nitrogens with zero attached hydrogens (tertiary/aromatic N) is 2. The van der Waals surface area contributed by atoms with Crippen LogP contribution in [0.1, 0.15) is 12.6 Å². The molecule has 0 saturated carbocycles. The highest BCUT2D eigenvalue weighted by atomic mass is 35.5. The number of carbonyl (C=O) groups is 1. The van der Waals surface area contributed by atoms with Crippen LogP contribution in [0.15, 0.2) is 76.7 Å². The fraction of sp³-hybridized carbons (Fsp3) is 0.0870. The molecular weight excluding hydrogens is 416 g/mol. The Morgan fingerprint density at radius 3 is 2.57 bits per heavy atom. The van der Waals surface area contributed by atoms with Gasteiger partial charge in [0.2, 0.25) is 5.91 Å². The lowest BCUT2D eigenvalue weighted by Gasteiger charge is -2.14. The van der Waals surface area contributed by atoms with Gasteiger partial charge in [-0.2, -0.15) is 0 Å². The Morgan fingerprint density at radius 1 is 1.00 bits per heavy atom. The molecule has 0 radical (unpaired) electrons. The summed E-state index contributed by atoms with van der Waals surface area (Å²) in [7, 11) is 0. The van der Waals surface area contributed by atoms with Gasteiger partial charge in [0.25, 0.3) is 0 Å². The van der Waals surface area contributed by atoms with E-state index in [4.69, 9.17) is 11.6 Å². The molecule has 2 heterocycles. The number of carbonyl (C=O) groups excluding carboxylic acids is 1. The van der Waals surface area contributed by atoms with E-state index < -0.39 is 0 Å². The molecule has 2 N–H and O–H groups in total. The first-order valence-electron chi connectivity index (χ1n) is 9.32. The smallest absolute Gasteiger partial charge is 0.221 e. The zero-order valence-corrected chi connectivity index (χ0v) is 18.0. The molecule has 0 aliphatic carbocycles. The molecule has 0 aliphatic heterocycles. The lowest BCUT2D eigenvalue weighted by atomic mass is 10.2. The third kappa shape index (κ3) is 4.72. The SMILES string of the molecule is CC(=O)Nc1ccc(Sc2ccc(Cl)cc2Nc2ccnc3nc(C)ccc23)cc1. The van der Waals surface area contributed by atoms with Crippen molar-refractivity contribution >= 4 is 57.4 Å². The van der Waals surface area contributed by atoms with E-state index in [9.17, 15) is 4.79 Å². The van der Waals surface area contributed by atoms with E-state index in [1.54, 1.807) is 18.0 Å². The van der Waals surface area contributed by atoms with Gasteiger partial charge in [0.05, 0.1) is 11.4 Å². The quantitative estimate of drug-likeness (QED) is 0.378. The summed E-state index contributed by atoms with van der Waals surface area (Å²) in [4.78, 5) is 22.1. The maximum atomic E-state index is 11.2. The highest BCUT2D eigenvalue weighted by Crippen LogP contribution is 2.37. The van der Waals surface area contributed by atoms with Crippen molar-refractivity contribution in [2.24, 2.45) is 0 Å². The summed E-state index contributed by atoms with van der Waals surface area (Å²) < 4.78 is 0. The van der Waals surface area contributed by atoms with Crippen molar-refractivity contribution < 1.29 is 4.79 Å². The Balaban J connectivity index is 1.64. The summed E-state index contributed by atoms with van der Waals surface area (Å²) in [5.74, 6) is -0.0890. The Labute approximate surface area is 183 Å². The van der Waals surface area contributed by atoms with Gasteiger partial charge < -0.3 is 10.6 Å². The molecule has 0 unspecified atom stereocenters. The molecule has 7 heteroatoms. The third-order valence-electron chi connectivity index (χ3n) is 4.36. The molecule has 0 atom stereocenters. The fourth-order valence-electron chi connectivity index (χ4n) is 3.00. The molecule has 0 fully saturated rings. The van der Waals surface area contributed by atoms with Gasteiger partial charge in [-0.1, -0.05) is 23.4 Å². The molecule has 0 aliphatic rings. The second-order valence-corrected chi connectivity index (χ2v) is 8.31. The van der Waals surface area contributed by atoms with Gasteiger partial charge in [-0.05, 0) is 67.6 Å². The minimum absolute atomic E-state index is 0.0890. The zero-order valence-electron chi connectivity index (χ0n) is 16.4. The van der Waals surface area contributed by atoms with E-state index in [0.717, 1.165) is 37.9 Å². The molecule has 4 aromatic rings. The van der Waals surface area contributed by atoms with Crippen LogP contribution in [-0.2, 0) is 4.79 Å². The van der Waals surface area contributed by atoms with Crippen molar-refractivity contribution in [3.05, 3.63) is 77.6 Å². The average molecular weight is 435 g/mol. The molecule has 0 spiro atoms. The van der Waals surface area contributed by atoms with Crippen LogP contribution in [0, 0.1) is 6.92 Å². The molecule has 2 aromatic heterocycles. The zero-order chi connectivity index (χ0) is 21.1. The predicted molar refractivity (Wildman–Crippen MR) is 124 cm³/mol. The van der Waals surface area contributed by atoms with Crippen LogP contribution in [0.5, 0.6) is 0 Å². The summed E-state index contributed by atoms with van der Waals surface area (Å²) in [6.45, 7) is 3.44. The molecule has 30 heavy (non-hydrogen) atoms. The first-order chi connectivity index (χ1) is 14.5. The molecule has 1 amide bonds. The number of aryl methyl sites for hydroxylation is 1. The number of anilines is 3. The summed E-state index contributed by atoms with van der Waals surface area (Å²) in [5.41, 5.74) is 4.20. The lowest BCUT2D eigenvalue weighted by Crippen LogP contribution is -2.05. The molecule has 2 aromatic carbocycles. The van der Waals surface area contributed by atoms with Crippen LogP contribution in [-0.4, -0.2) is 15.9 Å². The molecule has 4 rings (SSSR count). The predicted octanol–water partition coefficient (Wildman–Crippen LogP) is 6.44. The van der Waals surface area contributed by atoms with Gasteiger partial charge in [-0.15, -0.1) is 0 Å². The van der Waals surface area contributed by atoms with Crippen LogP contribution in [0.4, 0.5) is 17.1 Å². The van der Waals surface area contributed by atoms with Gasteiger partial charge in [-0.25, -0.2) is 9.97 Å². The summed E-state index contributed by atoms with van der Waals surface area (Å²) >= 11 is 7.89. The molecule has 5 nitrogen and oxygen atoms in total. The Hall–Kier alpha value is -3.09. The van der Waals surface area contributed by atoms with Crippen molar-refractivity contribution in [2.45, 2.75) is 23.6 Å². The highest BCUT2D eigenvalue weighted by Gasteiger charge is 2.10. The van der Waals surface area contributed by atoms with Crippen molar-refractivity contribution in [3.63, 3.8) is 0 Å². The van der Waals surface area contributed by atoms with Crippen molar-refractivity contribution in [2.75, 3.05) is 10.6 Å². The Bertz CT molecular complexity index is 1230. The topological polar surface area (TPSA) is 66.9 Å². The maximum absolute atomic E-state index is 11.2. The largest absolute Gasteiger partial charge is 0.354 e. The average Bonchev–Trinajstić information content (AvgIpc) is 2.71. The molecular formula is C23H19ClN4OS. The Morgan fingerprint density at radius 2 is 1.80 bits per heavy atom. The summed E-state index contributed by atoms with van der Waals surface area (Å²) in [6, 6.07) is 19.4. The minimum atomic E-state index is -0.0890. The van der Waals surface area contributed by atoms with Crippen LogP contribution in [0.3, 0.4) is 0 Å². The van der Waals surface area contributed by atoms with Gasteiger partial charge >= 0.3 is 0 Å². The first kappa shape index (κ1) is 20.2. The van der Waals surface area contributed by atoms with Gasteiger partial charge in [-0.3, -0.25) is 4.79 Å². The number of halogens is 1. The third-order valence-corrected chi connectivity index (χ3v) is 5.67. The number of fused-ring (bicyclic) bond motifs is 1. The fourth-order valence-corrected chi connectivity index (χ4v) is 4.06. The number of nitrogens with one attached hydrogen (secondary N) is 2. The first-order valence-corrected chi connectivity index (χ1v) is 10.5. The van der Waals surface area contributed by atoms with Crippen LogP contribution in [0.2, 0.25) is 5.02 Å². The minimum Gasteiger partial charge on any atom is -0.354 e. The van der Waals surface area contributed by atoms with E-state index in [0.29, 0.717) is 10.7 Å². The molecule has 0 saturated heterocycles. The monoisotopic (exact) mass is 434 g/mol. The standard InChI is InChI=1S/C23H19ClN4OS/c1-14-3-9-19-20(11-12-25-23(19)26-14)28-21-13-16(24)4-10-22(21)30-18-7-5-17(6-8-18)27-15(2)29/h3-13H,1-2H3,(H,27,29)(H,25,26,28). The van der Waals surface area contributed by atoms with E-state index >= 15 is 0 Å². The maximum Gasteiger partial charge on any atom is 0.221 e. The number of hydrogen-bond donors (Lipinski definition) is 2. The number of hydrogen-bond acceptors (Lipinski definition) is 5. The van der Waals surface area contributed by atoms with Crippen LogP contribution < -0.4 is 10.6 Å². The van der Waals surface area contributed by atoms with Gasteiger partial charge in [0.1, 0.15) is 0 Å². The normalized spacial score (nSPS) is 10.8. The van der Waals surface area contributed by atoms with Crippen molar-refractivity contribution in [1.29, 1.82) is 0 Å². The van der Waals surface area contributed by atoms with Gasteiger partial charge in [0.15, 0.2) is 5.65 Å². The number of pyridine rings is 2. The lowest BCUT2D eigenvalue weighted by molar-refractivity contribution is -0.114. The highest BCUT2D eigenvalue weighted by molar-refractivity contribution is 7.99. The van der Waals surface area contributed by atoms with Gasteiger partial charge in [0, 0.05) is 44.7 Å². The summed E-state index contributed by atoms with van der Waals surface area (Å²) in [6.07, 6.45) is 1.75. The van der Waals surface area contributed by atoms with E-state index in [-0.39, 0.29) is 5.91 Å². The van der Waals surface area contributed by atoms with Crippen LogP contribution in [0.25, 0.3) is 11.0 Å². The number of amides is 1. The molecule has 150 valence electrons. The molecule has 0 bridgehead atoms.